The monoisotopic (exact) mass is 354 g/mol. The number of alkyl halides is 11. The standard InChI is InChI=1S/C9H5F11O2/c1-3(4(21)22)2-5(10,11)6(12,13)7(14,15)8(16,17)9(18,19)20/h1-2H2,(H,21,22). The number of halogens is 11. The number of rotatable bonds is 6. The highest BCUT2D eigenvalue weighted by molar-refractivity contribution is 5.85. The molecule has 130 valence electrons. The fraction of sp³-hybridized carbons (Fsp3) is 0.667. The molecular weight excluding hydrogens is 349 g/mol. The van der Waals surface area contributed by atoms with Crippen LogP contribution in [0, 0.1) is 0 Å². The van der Waals surface area contributed by atoms with Crippen LogP contribution < -0.4 is 0 Å². The van der Waals surface area contributed by atoms with E-state index in [0.29, 0.717) is 0 Å². The van der Waals surface area contributed by atoms with Crippen molar-refractivity contribution in [3.05, 3.63) is 12.2 Å². The lowest BCUT2D eigenvalue weighted by molar-refractivity contribution is -0.421. The van der Waals surface area contributed by atoms with Crippen LogP contribution in [-0.2, 0) is 4.79 Å². The molecule has 0 saturated carbocycles. The lowest BCUT2D eigenvalue weighted by Gasteiger charge is -2.37. The summed E-state index contributed by atoms with van der Waals surface area (Å²) in [6.07, 6.45) is -10.0. The molecule has 0 heterocycles. The van der Waals surface area contributed by atoms with Crippen LogP contribution in [0.2, 0.25) is 0 Å². The average Bonchev–Trinajstić information content (AvgIpc) is 2.25. The highest BCUT2D eigenvalue weighted by Gasteiger charge is 2.86. The van der Waals surface area contributed by atoms with Crippen molar-refractivity contribution in [1.29, 1.82) is 0 Å². The molecule has 0 spiro atoms. The predicted octanol–water partition coefficient (Wildman–Crippen LogP) is 4.12. The molecule has 0 unspecified atom stereocenters. The van der Waals surface area contributed by atoms with Gasteiger partial charge in [0.15, 0.2) is 0 Å². The van der Waals surface area contributed by atoms with E-state index in [0.717, 1.165) is 0 Å². The van der Waals surface area contributed by atoms with Gasteiger partial charge in [0, 0.05) is 12.0 Å². The van der Waals surface area contributed by atoms with E-state index in [4.69, 9.17) is 5.11 Å². The van der Waals surface area contributed by atoms with Crippen molar-refractivity contribution in [3.8, 4) is 0 Å². The van der Waals surface area contributed by atoms with Gasteiger partial charge in [0.25, 0.3) is 0 Å². The molecule has 0 fully saturated rings. The maximum atomic E-state index is 13.0. The predicted molar refractivity (Wildman–Crippen MR) is 47.2 cm³/mol. The molecule has 0 amide bonds. The summed E-state index contributed by atoms with van der Waals surface area (Å²) in [5.41, 5.74) is -1.80. The number of aliphatic carboxylic acids is 1. The van der Waals surface area contributed by atoms with Crippen molar-refractivity contribution in [2.75, 3.05) is 0 Å². The quantitative estimate of drug-likeness (QED) is 0.576. The molecule has 0 radical (unpaired) electrons. The zero-order valence-corrected chi connectivity index (χ0v) is 9.93. The smallest absolute Gasteiger partial charge is 0.460 e. The minimum absolute atomic E-state index is 1.80. The average molecular weight is 354 g/mol. The van der Waals surface area contributed by atoms with E-state index < -0.39 is 47.8 Å². The van der Waals surface area contributed by atoms with Gasteiger partial charge in [-0.15, -0.1) is 0 Å². The highest BCUT2D eigenvalue weighted by atomic mass is 19.4. The molecular formula is C9H5F11O2. The maximum absolute atomic E-state index is 13.0. The first kappa shape index (κ1) is 20.4. The lowest BCUT2D eigenvalue weighted by atomic mass is 9.94. The van der Waals surface area contributed by atoms with E-state index in [9.17, 15) is 53.1 Å². The molecule has 0 aromatic carbocycles. The summed E-state index contributed by atoms with van der Waals surface area (Å²) in [5.74, 6) is -30.8. The van der Waals surface area contributed by atoms with Crippen LogP contribution >= 0.6 is 0 Å². The summed E-state index contributed by atoms with van der Waals surface area (Å²) in [6.45, 7) is 2.28. The fourth-order valence-corrected chi connectivity index (χ4v) is 1.06. The summed E-state index contributed by atoms with van der Waals surface area (Å²) in [7, 11) is 0. The van der Waals surface area contributed by atoms with Gasteiger partial charge in [-0.25, -0.2) is 4.79 Å². The SMILES string of the molecule is C=C(CC(F)(F)C(F)(F)C(F)(F)C(F)(F)C(F)(F)F)C(=O)O. The van der Waals surface area contributed by atoms with Crippen molar-refractivity contribution < 1.29 is 58.2 Å². The van der Waals surface area contributed by atoms with E-state index in [1.54, 1.807) is 0 Å². The first-order valence-corrected chi connectivity index (χ1v) is 4.82. The molecule has 22 heavy (non-hydrogen) atoms. The molecule has 13 heteroatoms. The van der Waals surface area contributed by atoms with Crippen LogP contribution in [0.3, 0.4) is 0 Å². The molecule has 0 aromatic rings. The third-order valence-corrected chi connectivity index (χ3v) is 2.34. The Morgan fingerprint density at radius 2 is 1.14 bits per heavy atom. The second-order valence-corrected chi connectivity index (χ2v) is 4.01. The molecule has 1 N–H and O–H groups in total. The molecule has 0 aromatic heterocycles. The first-order valence-electron chi connectivity index (χ1n) is 4.82. The molecule has 0 rings (SSSR count). The van der Waals surface area contributed by atoms with Gasteiger partial charge in [0.05, 0.1) is 0 Å². The number of carbonyl (C=O) groups is 1. The minimum Gasteiger partial charge on any atom is -0.478 e. The van der Waals surface area contributed by atoms with E-state index in [1.807, 2.05) is 0 Å². The summed E-state index contributed by atoms with van der Waals surface area (Å²) in [5, 5.41) is 8.11. The summed E-state index contributed by atoms with van der Waals surface area (Å²) < 4.78 is 137. The number of carboxylic acids is 1. The summed E-state index contributed by atoms with van der Waals surface area (Å²) in [4.78, 5) is 10.1. The topological polar surface area (TPSA) is 37.3 Å². The third-order valence-electron chi connectivity index (χ3n) is 2.34. The van der Waals surface area contributed by atoms with E-state index >= 15 is 0 Å². The van der Waals surface area contributed by atoms with Gasteiger partial charge >= 0.3 is 35.8 Å². The normalized spacial score (nSPS) is 14.9. The zero-order chi connectivity index (χ0) is 18.4. The van der Waals surface area contributed by atoms with Crippen molar-refractivity contribution in [1.82, 2.24) is 0 Å². The summed E-state index contributed by atoms with van der Waals surface area (Å²) >= 11 is 0. The van der Waals surface area contributed by atoms with Gasteiger partial charge in [-0.2, -0.15) is 48.3 Å². The van der Waals surface area contributed by atoms with Gasteiger partial charge in [-0.3, -0.25) is 0 Å². The van der Waals surface area contributed by atoms with Gasteiger partial charge in [0.2, 0.25) is 0 Å². The Morgan fingerprint density at radius 1 is 0.773 bits per heavy atom. The van der Waals surface area contributed by atoms with Crippen LogP contribution in [0.15, 0.2) is 12.2 Å². The Labute approximate surface area is 114 Å². The summed E-state index contributed by atoms with van der Waals surface area (Å²) in [6, 6.07) is 0. The van der Waals surface area contributed by atoms with Gasteiger partial charge in [-0.05, 0) is 0 Å². The molecule has 0 aliphatic rings. The minimum atomic E-state index is -7.54. The van der Waals surface area contributed by atoms with E-state index in [1.165, 1.54) is 0 Å². The Kier molecular flexibility index (Phi) is 4.89. The second-order valence-electron chi connectivity index (χ2n) is 4.01. The van der Waals surface area contributed by atoms with Crippen molar-refractivity contribution in [2.45, 2.75) is 36.3 Å². The first-order chi connectivity index (χ1) is 9.33. The Hall–Kier alpha value is -1.56. The number of hydrogen-bond donors (Lipinski definition) is 1. The third kappa shape index (κ3) is 2.97. The molecule has 0 atom stereocenters. The molecule has 0 bridgehead atoms. The molecule has 0 saturated heterocycles. The van der Waals surface area contributed by atoms with Gasteiger partial charge < -0.3 is 5.11 Å². The maximum Gasteiger partial charge on any atom is 0.460 e. The van der Waals surface area contributed by atoms with Crippen LogP contribution in [0.5, 0.6) is 0 Å². The zero-order valence-electron chi connectivity index (χ0n) is 9.93. The second kappa shape index (κ2) is 5.26. The van der Waals surface area contributed by atoms with Crippen LogP contribution in [0.4, 0.5) is 48.3 Å². The lowest BCUT2D eigenvalue weighted by Crippen LogP contribution is -2.66. The van der Waals surface area contributed by atoms with Gasteiger partial charge in [0.1, 0.15) is 0 Å². The van der Waals surface area contributed by atoms with E-state index in [2.05, 4.69) is 6.58 Å². The van der Waals surface area contributed by atoms with E-state index in [-0.39, 0.29) is 0 Å². The van der Waals surface area contributed by atoms with Crippen molar-refractivity contribution in [2.24, 2.45) is 0 Å². The Morgan fingerprint density at radius 3 is 1.41 bits per heavy atom. The van der Waals surface area contributed by atoms with Crippen molar-refractivity contribution >= 4 is 5.97 Å². The Balaban J connectivity index is 5.89. The highest BCUT2D eigenvalue weighted by Crippen LogP contribution is 2.58. The Bertz CT molecular complexity index is 463. The van der Waals surface area contributed by atoms with Crippen LogP contribution in [0.1, 0.15) is 6.42 Å². The number of carboxylic acid groups (broad SMARTS) is 1. The molecule has 2 nitrogen and oxygen atoms in total. The van der Waals surface area contributed by atoms with Gasteiger partial charge in [-0.1, -0.05) is 6.58 Å². The van der Waals surface area contributed by atoms with Crippen LogP contribution in [-0.4, -0.2) is 40.9 Å². The van der Waals surface area contributed by atoms with Crippen molar-refractivity contribution in [3.63, 3.8) is 0 Å². The molecule has 0 aliphatic carbocycles. The van der Waals surface area contributed by atoms with Crippen LogP contribution in [0.25, 0.3) is 0 Å². The number of hydrogen-bond acceptors (Lipinski definition) is 1. The largest absolute Gasteiger partial charge is 0.478 e. The molecule has 0 aliphatic heterocycles. The fourth-order valence-electron chi connectivity index (χ4n) is 1.06.